The van der Waals surface area contributed by atoms with Crippen molar-refractivity contribution in [1.29, 1.82) is 0 Å². The summed E-state index contributed by atoms with van der Waals surface area (Å²) < 4.78 is 14.9. The molecule has 0 unspecified atom stereocenters. The van der Waals surface area contributed by atoms with Crippen LogP contribution in [0.3, 0.4) is 0 Å². The van der Waals surface area contributed by atoms with Gasteiger partial charge < -0.3 is 18.6 Å². The average molecular weight is 1120 g/mol. The van der Waals surface area contributed by atoms with Crippen LogP contribution in [0, 0.1) is 27.7 Å². The van der Waals surface area contributed by atoms with E-state index >= 15 is 0 Å². The monoisotopic (exact) mass is 1120 g/mol. The highest BCUT2D eigenvalue weighted by Gasteiger charge is 2.33. The first-order valence-corrected chi connectivity index (χ1v) is 31.8. The Bertz CT molecular complexity index is 4690. The molecule has 0 atom stereocenters. The third-order valence-electron chi connectivity index (χ3n) is 20.1. The second-order valence-corrected chi connectivity index (χ2v) is 25.2. The first-order chi connectivity index (χ1) is 42.2. The summed E-state index contributed by atoms with van der Waals surface area (Å²) in [7, 11) is 0. The number of fused-ring (bicyclic) bond motifs is 6. The molecule has 2 aromatic heterocycles. The Hall–Kier alpha value is -9.12. The molecule has 0 aliphatic heterocycles. The van der Waals surface area contributed by atoms with Gasteiger partial charge in [-0.2, -0.15) is 0 Å². The number of anilines is 6. The van der Waals surface area contributed by atoms with Gasteiger partial charge in [-0.3, -0.25) is 0 Å². The highest BCUT2D eigenvalue weighted by molar-refractivity contribution is 6.30. The van der Waals surface area contributed by atoms with Crippen molar-refractivity contribution in [1.82, 2.24) is 0 Å². The molecule has 4 nitrogen and oxygen atoms in total. The number of hydrogen-bond acceptors (Lipinski definition) is 4. The van der Waals surface area contributed by atoms with Crippen LogP contribution in [-0.4, -0.2) is 0 Å². The Morgan fingerprint density at radius 2 is 0.698 bits per heavy atom. The van der Waals surface area contributed by atoms with Crippen molar-refractivity contribution in [2.45, 2.75) is 118 Å². The molecular formula is C82H72N2O2. The van der Waals surface area contributed by atoms with E-state index in [0.717, 1.165) is 90.6 Å². The molecule has 16 rings (SSSR count). The molecule has 2 fully saturated rings. The van der Waals surface area contributed by atoms with Gasteiger partial charge in [0.2, 0.25) is 0 Å². The van der Waals surface area contributed by atoms with Crippen molar-refractivity contribution in [3.8, 4) is 22.3 Å². The van der Waals surface area contributed by atoms with Crippen LogP contribution in [0.1, 0.15) is 122 Å². The van der Waals surface area contributed by atoms with E-state index in [4.69, 9.17) is 8.83 Å². The Morgan fingerprint density at radius 1 is 0.326 bits per heavy atom. The van der Waals surface area contributed by atoms with E-state index in [1.807, 2.05) is 0 Å². The fraction of sp³-hybridized carbons (Fsp3) is 0.220. The van der Waals surface area contributed by atoms with Crippen LogP contribution in [0.5, 0.6) is 0 Å². The molecule has 2 aliphatic rings. The molecule has 0 bridgehead atoms. The summed E-state index contributed by atoms with van der Waals surface area (Å²) >= 11 is 0. The van der Waals surface area contributed by atoms with Crippen molar-refractivity contribution in [3.63, 3.8) is 0 Å². The van der Waals surface area contributed by atoms with E-state index in [0.29, 0.717) is 11.8 Å². The molecule has 14 aromatic rings. The lowest BCUT2D eigenvalue weighted by molar-refractivity contribution is 0.669. The molecule has 0 saturated heterocycles. The molecule has 0 amide bonds. The summed E-state index contributed by atoms with van der Waals surface area (Å²) in [5.41, 5.74) is 25.6. The van der Waals surface area contributed by atoms with Crippen LogP contribution in [0.15, 0.2) is 203 Å². The Labute approximate surface area is 504 Å². The highest BCUT2D eigenvalue weighted by atomic mass is 16.3. The lowest BCUT2D eigenvalue weighted by atomic mass is 9.82. The summed E-state index contributed by atoms with van der Waals surface area (Å²) in [6.45, 7) is 13.5. The van der Waals surface area contributed by atoms with Gasteiger partial charge in [-0.05, 0) is 192 Å². The fourth-order valence-electron chi connectivity index (χ4n) is 15.8. The molecular weight excluding hydrogens is 1040 g/mol. The molecule has 12 aromatic carbocycles. The maximum atomic E-state index is 7.47. The molecule has 0 N–H and O–H groups in total. The Kier molecular flexibility index (Phi) is 12.7. The third kappa shape index (κ3) is 8.23. The minimum absolute atomic E-state index is 0.432. The minimum atomic E-state index is 0.432. The number of para-hydroxylation sites is 4. The van der Waals surface area contributed by atoms with Gasteiger partial charge in [0.25, 0.3) is 0 Å². The van der Waals surface area contributed by atoms with Gasteiger partial charge in [-0.25, -0.2) is 0 Å². The topological polar surface area (TPSA) is 32.8 Å². The second-order valence-electron chi connectivity index (χ2n) is 25.2. The molecule has 0 radical (unpaired) electrons. The maximum Gasteiger partial charge on any atom is 0.159 e. The van der Waals surface area contributed by atoms with Gasteiger partial charge in [-0.15, -0.1) is 0 Å². The first kappa shape index (κ1) is 52.4. The van der Waals surface area contributed by atoms with Crippen molar-refractivity contribution in [2.24, 2.45) is 0 Å². The van der Waals surface area contributed by atoms with Gasteiger partial charge in [0, 0.05) is 54.8 Å². The summed E-state index contributed by atoms with van der Waals surface area (Å²) in [6.07, 6.45) is 11.6. The summed E-state index contributed by atoms with van der Waals surface area (Å²) in [5.74, 6) is 0.865. The van der Waals surface area contributed by atoms with Gasteiger partial charge in [0.05, 0.1) is 22.7 Å². The van der Waals surface area contributed by atoms with Crippen LogP contribution in [0.25, 0.3) is 98.4 Å². The van der Waals surface area contributed by atoms with Crippen molar-refractivity contribution < 1.29 is 8.83 Å². The fourth-order valence-corrected chi connectivity index (χ4v) is 15.8. The van der Waals surface area contributed by atoms with E-state index < -0.39 is 0 Å². The highest BCUT2D eigenvalue weighted by Crippen LogP contribution is 2.56. The first-order valence-electron chi connectivity index (χ1n) is 31.8. The average Bonchev–Trinajstić information content (AvgIpc) is 0.907. The van der Waals surface area contributed by atoms with Gasteiger partial charge >= 0.3 is 0 Å². The molecule has 0 spiro atoms. The van der Waals surface area contributed by atoms with E-state index in [9.17, 15) is 0 Å². The molecule has 2 heterocycles. The number of rotatable bonds is 12. The molecule has 4 heteroatoms. The minimum Gasteiger partial charge on any atom is -0.453 e. The van der Waals surface area contributed by atoms with E-state index in [1.165, 1.54) is 151 Å². The van der Waals surface area contributed by atoms with E-state index in [2.05, 4.69) is 245 Å². The number of nitrogens with zero attached hydrogens (tertiary/aromatic N) is 2. The summed E-state index contributed by atoms with van der Waals surface area (Å²) in [4.78, 5) is 5.18. The zero-order chi connectivity index (χ0) is 57.9. The zero-order valence-electron chi connectivity index (χ0n) is 50.4. The van der Waals surface area contributed by atoms with Crippen molar-refractivity contribution in [2.75, 3.05) is 9.80 Å². The van der Waals surface area contributed by atoms with Crippen LogP contribution in [0.2, 0.25) is 0 Å². The maximum absolute atomic E-state index is 7.47. The normalized spacial score (nSPS) is 14.3. The second kappa shape index (κ2) is 20.8. The van der Waals surface area contributed by atoms with Crippen LogP contribution >= 0.6 is 0 Å². The zero-order valence-corrected chi connectivity index (χ0v) is 50.4. The molecule has 2 saturated carbocycles. The van der Waals surface area contributed by atoms with Gasteiger partial charge in [0.1, 0.15) is 11.2 Å². The predicted molar refractivity (Wildman–Crippen MR) is 365 cm³/mol. The standard InChI is InChI=1S/C82H72N2O2/c1-7-53-21-13-15-27-57(53)61-29-17-31-63-65-33-19-35-71(81(65)85-79(61)63)83(73-45-49(3)37-39-51(73)5)75-47-69(55-23-9-10-24-55)59-42-44-68-76(48-70(56-25-11-12-26-56)60-41-43-67(75)77(59)78(60)68)84(74-46-50(4)38-40-52(74)6)72-36-20-34-66-64-32-18-30-62(80(64)86-82(66)72)58-28-16-14-22-54(58)8-2/h13-22,27-48,55-56H,7-12,23-26H2,1-6H3. The van der Waals surface area contributed by atoms with Gasteiger partial charge in [-0.1, -0.05) is 197 Å². The van der Waals surface area contributed by atoms with Gasteiger partial charge in [0.15, 0.2) is 11.2 Å². The molecule has 422 valence electrons. The molecule has 2 aliphatic carbocycles. The number of aryl methyl sites for hydroxylation is 6. The smallest absolute Gasteiger partial charge is 0.159 e. The predicted octanol–water partition coefficient (Wildman–Crippen LogP) is 24.3. The Morgan fingerprint density at radius 3 is 1.12 bits per heavy atom. The number of benzene rings is 12. The van der Waals surface area contributed by atoms with E-state index in [1.54, 1.807) is 0 Å². The summed E-state index contributed by atoms with van der Waals surface area (Å²) in [5, 5.41) is 12.5. The lowest BCUT2D eigenvalue weighted by Gasteiger charge is -2.33. The summed E-state index contributed by atoms with van der Waals surface area (Å²) in [6, 6.07) is 73.9. The van der Waals surface area contributed by atoms with Crippen LogP contribution < -0.4 is 9.80 Å². The van der Waals surface area contributed by atoms with Crippen LogP contribution in [-0.2, 0) is 12.8 Å². The molecule has 86 heavy (non-hydrogen) atoms. The van der Waals surface area contributed by atoms with E-state index in [-0.39, 0.29) is 0 Å². The van der Waals surface area contributed by atoms with Crippen molar-refractivity contribution in [3.05, 3.63) is 239 Å². The lowest BCUT2D eigenvalue weighted by Crippen LogP contribution is -2.15. The van der Waals surface area contributed by atoms with Crippen molar-refractivity contribution >= 4 is 110 Å². The quantitative estimate of drug-likeness (QED) is 0.114. The Balaban J connectivity index is 1.01. The van der Waals surface area contributed by atoms with Crippen LogP contribution in [0.4, 0.5) is 34.1 Å². The third-order valence-corrected chi connectivity index (χ3v) is 20.1. The SMILES string of the molecule is CCc1ccccc1-c1cccc2c1oc1c(N(c3cc(C)ccc3C)c3cc(C4CCCC4)c4ccc5c(N(c6cc(C)ccc6C)c6cccc7c6oc6c(-c8ccccc8CC)cccc67)cc(C6CCCC6)c6ccc3c4c65)cccc12. The number of hydrogen-bond donors (Lipinski definition) is 0. The number of furan rings is 2. The largest absolute Gasteiger partial charge is 0.453 e.